The standard InChI is InChI=1S/C22H15N5O5S/c1-11(28)32-15-9-5-3-7-13(15)19-24-22-27(25-19)21(31)18(33-22)17-12-6-2-4-8-14(12)26(20(17)30)10-16(23)29/h2-9H,10H2,1H3,(H2,23,29)/b18-17-. The van der Waals surface area contributed by atoms with Gasteiger partial charge in [-0.15, -0.1) is 5.10 Å². The second kappa shape index (κ2) is 7.64. The van der Waals surface area contributed by atoms with Gasteiger partial charge in [-0.25, -0.2) is 0 Å². The smallest absolute Gasteiger partial charge is 0.308 e. The van der Waals surface area contributed by atoms with Gasteiger partial charge in [-0.2, -0.15) is 9.50 Å². The van der Waals surface area contributed by atoms with Crippen LogP contribution in [-0.4, -0.2) is 38.9 Å². The molecule has 2 amide bonds. The number of nitrogens with two attached hydrogens (primary N) is 1. The first-order chi connectivity index (χ1) is 15.8. The number of fused-ring (bicyclic) bond motifs is 2. The number of anilines is 1. The number of amides is 2. The fourth-order valence-corrected chi connectivity index (χ4v) is 4.70. The Morgan fingerprint density at radius 2 is 1.76 bits per heavy atom. The Morgan fingerprint density at radius 3 is 2.45 bits per heavy atom. The van der Waals surface area contributed by atoms with E-state index in [9.17, 15) is 19.2 Å². The predicted molar refractivity (Wildman–Crippen MR) is 120 cm³/mol. The molecule has 33 heavy (non-hydrogen) atoms. The third-order valence-corrected chi connectivity index (χ3v) is 6.03. The van der Waals surface area contributed by atoms with Crippen LogP contribution in [0.15, 0.2) is 53.3 Å². The van der Waals surface area contributed by atoms with Gasteiger partial charge >= 0.3 is 5.97 Å². The molecule has 1 aliphatic heterocycles. The summed E-state index contributed by atoms with van der Waals surface area (Å²) in [6.45, 7) is 0.985. The molecular weight excluding hydrogens is 446 g/mol. The minimum atomic E-state index is -0.666. The molecule has 2 aromatic heterocycles. The highest BCUT2D eigenvalue weighted by Gasteiger charge is 2.35. The van der Waals surface area contributed by atoms with E-state index in [1.165, 1.54) is 11.8 Å². The summed E-state index contributed by atoms with van der Waals surface area (Å²) in [5, 5.41) is 4.29. The molecule has 0 fully saturated rings. The summed E-state index contributed by atoms with van der Waals surface area (Å²) in [6.07, 6.45) is 0. The molecule has 0 radical (unpaired) electrons. The number of ether oxygens (including phenoxy) is 1. The van der Waals surface area contributed by atoms with Crippen molar-refractivity contribution >= 4 is 45.3 Å². The SMILES string of the molecule is CC(=O)Oc1ccccc1-c1nc2s/c(=C3\C(=O)N(CC(N)=O)c4ccccc43)c(=O)n2n1. The molecule has 11 heteroatoms. The summed E-state index contributed by atoms with van der Waals surface area (Å²) in [5.74, 6) is -1.17. The molecule has 0 aliphatic carbocycles. The summed E-state index contributed by atoms with van der Waals surface area (Å²) < 4.78 is 6.48. The van der Waals surface area contributed by atoms with Crippen molar-refractivity contribution in [3.63, 3.8) is 0 Å². The Kier molecular flexibility index (Phi) is 4.75. The van der Waals surface area contributed by atoms with Crippen LogP contribution in [0.4, 0.5) is 5.69 Å². The largest absolute Gasteiger partial charge is 0.426 e. The number of thiazole rings is 1. The molecule has 2 N–H and O–H groups in total. The zero-order valence-corrected chi connectivity index (χ0v) is 18.0. The van der Waals surface area contributed by atoms with Gasteiger partial charge in [-0.05, 0) is 18.2 Å². The van der Waals surface area contributed by atoms with E-state index < -0.39 is 23.3 Å². The topological polar surface area (TPSA) is 137 Å². The summed E-state index contributed by atoms with van der Waals surface area (Å²) in [6, 6.07) is 13.6. The van der Waals surface area contributed by atoms with Crippen LogP contribution < -0.4 is 25.5 Å². The number of rotatable bonds is 4. The van der Waals surface area contributed by atoms with Crippen molar-refractivity contribution in [2.75, 3.05) is 11.4 Å². The zero-order valence-electron chi connectivity index (χ0n) is 17.1. The maximum absolute atomic E-state index is 13.2. The van der Waals surface area contributed by atoms with Crippen molar-refractivity contribution in [3.8, 4) is 17.1 Å². The van der Waals surface area contributed by atoms with Crippen molar-refractivity contribution in [3.05, 3.63) is 69.0 Å². The van der Waals surface area contributed by atoms with Crippen molar-refractivity contribution in [2.45, 2.75) is 6.92 Å². The van der Waals surface area contributed by atoms with E-state index in [2.05, 4.69) is 10.1 Å². The number of aromatic nitrogens is 3. The number of nitrogens with zero attached hydrogens (tertiary/aromatic N) is 4. The average Bonchev–Trinajstić information content (AvgIpc) is 3.40. The molecule has 4 aromatic rings. The van der Waals surface area contributed by atoms with Gasteiger partial charge in [0.05, 0.1) is 16.8 Å². The van der Waals surface area contributed by atoms with Crippen LogP contribution in [0, 0.1) is 0 Å². The maximum atomic E-state index is 13.2. The number of para-hydroxylation sites is 2. The quantitative estimate of drug-likeness (QED) is 0.345. The van der Waals surface area contributed by atoms with Crippen LogP contribution in [0.25, 0.3) is 21.9 Å². The Morgan fingerprint density at radius 1 is 1.06 bits per heavy atom. The van der Waals surface area contributed by atoms with Gasteiger partial charge in [0.25, 0.3) is 11.5 Å². The highest BCUT2D eigenvalue weighted by atomic mass is 32.1. The molecule has 0 unspecified atom stereocenters. The van der Waals surface area contributed by atoms with Gasteiger partial charge < -0.3 is 10.5 Å². The molecule has 0 spiro atoms. The van der Waals surface area contributed by atoms with Gasteiger partial charge in [0, 0.05) is 12.5 Å². The third kappa shape index (κ3) is 3.34. The van der Waals surface area contributed by atoms with Crippen LogP contribution in [-0.2, 0) is 14.4 Å². The molecule has 0 bridgehead atoms. The molecule has 1 aliphatic rings. The lowest BCUT2D eigenvalue weighted by Crippen LogP contribution is -2.37. The summed E-state index contributed by atoms with van der Waals surface area (Å²) in [7, 11) is 0. The monoisotopic (exact) mass is 461 g/mol. The number of hydrogen-bond acceptors (Lipinski definition) is 8. The first kappa shape index (κ1) is 20.5. The lowest BCUT2D eigenvalue weighted by atomic mass is 10.1. The molecule has 2 aromatic carbocycles. The second-order valence-corrected chi connectivity index (χ2v) is 8.18. The summed E-state index contributed by atoms with van der Waals surface area (Å²) >= 11 is 1.01. The Hall–Kier alpha value is -4.38. The van der Waals surface area contributed by atoms with Crippen LogP contribution in [0.2, 0.25) is 0 Å². The van der Waals surface area contributed by atoms with E-state index in [1.807, 2.05) is 0 Å². The predicted octanol–water partition coefficient (Wildman–Crippen LogP) is 0.493. The fraction of sp³-hybridized carbons (Fsp3) is 0.0909. The first-order valence-corrected chi connectivity index (χ1v) is 10.6. The van der Waals surface area contributed by atoms with Crippen LogP contribution in [0.1, 0.15) is 12.5 Å². The van der Waals surface area contributed by atoms with E-state index in [-0.39, 0.29) is 33.2 Å². The zero-order chi connectivity index (χ0) is 23.3. The Bertz CT molecular complexity index is 1590. The van der Waals surface area contributed by atoms with Crippen molar-refractivity contribution in [2.24, 2.45) is 5.73 Å². The number of benzene rings is 2. The van der Waals surface area contributed by atoms with E-state index in [0.29, 0.717) is 16.8 Å². The maximum Gasteiger partial charge on any atom is 0.308 e. The van der Waals surface area contributed by atoms with E-state index >= 15 is 0 Å². The number of primary amides is 1. The third-order valence-electron chi connectivity index (χ3n) is 5.00. The highest BCUT2D eigenvalue weighted by molar-refractivity contribution is 7.15. The van der Waals surface area contributed by atoms with E-state index in [4.69, 9.17) is 10.5 Å². The molecule has 0 saturated heterocycles. The first-order valence-electron chi connectivity index (χ1n) is 9.76. The van der Waals surface area contributed by atoms with Crippen LogP contribution in [0.5, 0.6) is 5.75 Å². The average molecular weight is 461 g/mol. The molecule has 0 saturated carbocycles. The van der Waals surface area contributed by atoms with Crippen molar-refractivity contribution < 1.29 is 19.1 Å². The van der Waals surface area contributed by atoms with Crippen LogP contribution >= 0.6 is 11.3 Å². The lowest BCUT2D eigenvalue weighted by molar-refractivity contribution is -0.131. The second-order valence-electron chi connectivity index (χ2n) is 7.21. The highest BCUT2D eigenvalue weighted by Crippen LogP contribution is 2.35. The molecule has 3 heterocycles. The van der Waals surface area contributed by atoms with Gasteiger partial charge in [0.2, 0.25) is 10.9 Å². The summed E-state index contributed by atoms with van der Waals surface area (Å²) in [4.78, 5) is 55.2. The number of esters is 1. The van der Waals surface area contributed by atoms with Gasteiger partial charge in [0.1, 0.15) is 16.8 Å². The number of carbonyl (C=O) groups excluding carboxylic acids is 3. The van der Waals surface area contributed by atoms with E-state index in [0.717, 1.165) is 15.9 Å². The minimum absolute atomic E-state index is 0.161. The van der Waals surface area contributed by atoms with Crippen molar-refractivity contribution in [1.29, 1.82) is 0 Å². The van der Waals surface area contributed by atoms with Crippen LogP contribution in [0.3, 0.4) is 0 Å². The van der Waals surface area contributed by atoms with E-state index in [1.54, 1.807) is 48.5 Å². The number of hydrogen-bond donors (Lipinski definition) is 1. The van der Waals surface area contributed by atoms with Gasteiger partial charge in [-0.1, -0.05) is 41.7 Å². The summed E-state index contributed by atoms with van der Waals surface area (Å²) in [5.41, 5.74) is 6.46. The molecular formula is C22H15N5O5S. The number of carbonyl (C=O) groups is 3. The fourth-order valence-electron chi connectivity index (χ4n) is 3.71. The minimum Gasteiger partial charge on any atom is -0.426 e. The molecule has 10 nitrogen and oxygen atoms in total. The Balaban J connectivity index is 1.68. The lowest BCUT2D eigenvalue weighted by Gasteiger charge is -2.14. The normalized spacial score (nSPS) is 14.6. The molecule has 0 atom stereocenters. The molecule has 5 rings (SSSR count). The van der Waals surface area contributed by atoms with Crippen molar-refractivity contribution in [1.82, 2.24) is 14.6 Å². The Labute approximate surface area is 189 Å². The molecule has 164 valence electrons. The van der Waals surface area contributed by atoms with Gasteiger partial charge in [-0.3, -0.25) is 24.1 Å². The van der Waals surface area contributed by atoms with Gasteiger partial charge in [0.15, 0.2) is 5.82 Å².